The van der Waals surface area contributed by atoms with Gasteiger partial charge in [-0.3, -0.25) is 9.48 Å². The monoisotopic (exact) mass is 284 g/mol. The van der Waals surface area contributed by atoms with Crippen molar-refractivity contribution >= 4 is 0 Å². The van der Waals surface area contributed by atoms with Crippen molar-refractivity contribution in [1.82, 2.24) is 19.2 Å². The highest BCUT2D eigenvalue weighted by molar-refractivity contribution is 5.65. The molecule has 0 aromatic carbocycles. The second kappa shape index (κ2) is 4.56. The van der Waals surface area contributed by atoms with Gasteiger partial charge in [0.15, 0.2) is 0 Å². The molecule has 2 unspecified atom stereocenters. The molecule has 0 saturated carbocycles. The summed E-state index contributed by atoms with van der Waals surface area (Å²) in [6.45, 7) is 2.98. The zero-order valence-corrected chi connectivity index (χ0v) is 12.5. The van der Waals surface area contributed by atoms with Gasteiger partial charge in [-0.15, -0.1) is 0 Å². The Hall–Kier alpha value is -1.88. The van der Waals surface area contributed by atoms with Crippen LogP contribution in [0, 0.1) is 5.92 Å². The highest BCUT2D eigenvalue weighted by Gasteiger charge is 2.35. The van der Waals surface area contributed by atoms with Crippen LogP contribution in [0.4, 0.5) is 0 Å². The summed E-state index contributed by atoms with van der Waals surface area (Å²) in [7, 11) is 4.11. The summed E-state index contributed by atoms with van der Waals surface area (Å²) in [5.41, 5.74) is 3.62. The van der Waals surface area contributed by atoms with Gasteiger partial charge in [0.2, 0.25) is 0 Å². The Morgan fingerprint density at radius 2 is 2.05 bits per heavy atom. The summed E-state index contributed by atoms with van der Waals surface area (Å²) < 4.78 is 3.82. The number of piperidine rings is 1. The maximum Gasteiger partial charge on any atom is 0.250 e. The van der Waals surface area contributed by atoms with Crippen LogP contribution >= 0.6 is 0 Å². The third-order valence-electron chi connectivity index (χ3n) is 4.79. The van der Waals surface area contributed by atoms with Crippen LogP contribution in [-0.4, -0.2) is 39.4 Å². The van der Waals surface area contributed by atoms with Crippen LogP contribution in [-0.2, 0) is 13.6 Å². The first-order valence-electron chi connectivity index (χ1n) is 7.53. The molecule has 4 heterocycles. The first kappa shape index (κ1) is 12.8. The number of fused-ring (bicyclic) bond motifs is 4. The van der Waals surface area contributed by atoms with E-state index in [2.05, 4.69) is 17.0 Å². The third kappa shape index (κ3) is 2.03. The first-order chi connectivity index (χ1) is 10.1. The smallest absolute Gasteiger partial charge is 0.250 e. The van der Waals surface area contributed by atoms with E-state index < -0.39 is 0 Å². The molecule has 0 amide bonds. The number of hydrogen-bond acceptors (Lipinski definition) is 3. The maximum absolute atomic E-state index is 12.3. The Bertz CT molecular complexity index is 745. The number of likely N-dealkylation sites (N-methyl/N-ethyl adjacent to an activating group) is 1. The molecule has 0 aliphatic carbocycles. The van der Waals surface area contributed by atoms with Gasteiger partial charge in [-0.1, -0.05) is 0 Å². The molecule has 21 heavy (non-hydrogen) atoms. The minimum Gasteiger partial charge on any atom is -0.311 e. The zero-order chi connectivity index (χ0) is 14.6. The van der Waals surface area contributed by atoms with Crippen LogP contribution in [0.1, 0.15) is 18.0 Å². The van der Waals surface area contributed by atoms with Crippen molar-refractivity contribution < 1.29 is 0 Å². The van der Waals surface area contributed by atoms with E-state index in [4.69, 9.17) is 0 Å². The zero-order valence-electron chi connectivity index (χ0n) is 12.5. The highest BCUT2D eigenvalue weighted by atomic mass is 16.1. The minimum absolute atomic E-state index is 0.136. The van der Waals surface area contributed by atoms with Gasteiger partial charge >= 0.3 is 0 Å². The van der Waals surface area contributed by atoms with Crippen molar-refractivity contribution in [2.75, 3.05) is 20.1 Å². The standard InChI is InChI=1S/C16H20N4O/c1-18-7-11-5-12(9-18)16-14(13-6-17-19(2)10-13)3-4-15(21)20(16)8-11/h3-4,6,10-12H,5,7-9H2,1-2H3. The van der Waals surface area contributed by atoms with E-state index in [1.165, 1.54) is 17.7 Å². The Balaban J connectivity index is 1.91. The van der Waals surface area contributed by atoms with Crippen molar-refractivity contribution in [1.29, 1.82) is 0 Å². The number of likely N-dealkylation sites (tertiary alicyclic amines) is 1. The molecule has 4 rings (SSSR count). The normalized spacial score (nSPS) is 24.9. The lowest BCUT2D eigenvalue weighted by Gasteiger charge is -2.42. The molecule has 2 bridgehead atoms. The summed E-state index contributed by atoms with van der Waals surface area (Å²) in [5.74, 6) is 1.05. The second-order valence-corrected chi connectivity index (χ2v) is 6.50. The Labute approximate surface area is 123 Å². The Morgan fingerprint density at radius 1 is 1.19 bits per heavy atom. The first-order valence-corrected chi connectivity index (χ1v) is 7.53. The van der Waals surface area contributed by atoms with Gasteiger partial charge in [0.1, 0.15) is 0 Å². The molecule has 110 valence electrons. The second-order valence-electron chi connectivity index (χ2n) is 6.50. The van der Waals surface area contributed by atoms with Crippen LogP contribution in [0.5, 0.6) is 0 Å². The van der Waals surface area contributed by atoms with Crippen molar-refractivity contribution in [3.8, 4) is 11.1 Å². The van der Waals surface area contributed by atoms with E-state index in [0.717, 1.165) is 25.2 Å². The van der Waals surface area contributed by atoms with E-state index >= 15 is 0 Å². The summed E-state index contributed by atoms with van der Waals surface area (Å²) in [6, 6.07) is 3.68. The SMILES string of the molecule is CN1CC2CC(C1)c1c(-c3cnn(C)c3)ccc(=O)n1C2. The van der Waals surface area contributed by atoms with Crippen molar-refractivity contribution in [2.45, 2.75) is 18.9 Å². The Kier molecular flexibility index (Phi) is 2.79. The number of hydrogen-bond donors (Lipinski definition) is 0. The third-order valence-corrected chi connectivity index (χ3v) is 4.79. The number of aryl methyl sites for hydroxylation is 1. The summed E-state index contributed by atoms with van der Waals surface area (Å²) in [4.78, 5) is 14.7. The molecule has 2 aromatic rings. The average Bonchev–Trinajstić information content (AvgIpc) is 2.86. The molecular weight excluding hydrogens is 264 g/mol. The fraction of sp³-hybridized carbons (Fsp3) is 0.500. The van der Waals surface area contributed by atoms with Crippen LogP contribution in [0.15, 0.2) is 29.3 Å². The van der Waals surface area contributed by atoms with Crippen LogP contribution < -0.4 is 5.56 Å². The summed E-state index contributed by atoms with van der Waals surface area (Å²) >= 11 is 0. The lowest BCUT2D eigenvalue weighted by Crippen LogP contribution is -2.45. The highest BCUT2D eigenvalue weighted by Crippen LogP contribution is 2.39. The molecule has 1 fully saturated rings. The number of rotatable bonds is 1. The molecular formula is C16H20N4O. The molecule has 2 atom stereocenters. The fourth-order valence-corrected chi connectivity index (χ4v) is 4.06. The van der Waals surface area contributed by atoms with Gasteiger partial charge in [-0.2, -0.15) is 5.10 Å². The predicted octanol–water partition coefficient (Wildman–Crippen LogP) is 1.30. The molecule has 5 heteroatoms. The van der Waals surface area contributed by atoms with Crippen molar-refractivity contribution in [2.24, 2.45) is 13.0 Å². The largest absolute Gasteiger partial charge is 0.311 e. The van der Waals surface area contributed by atoms with Crippen LogP contribution in [0.2, 0.25) is 0 Å². The predicted molar refractivity (Wildman–Crippen MR) is 81.2 cm³/mol. The lowest BCUT2D eigenvalue weighted by molar-refractivity contribution is 0.145. The molecule has 1 saturated heterocycles. The Morgan fingerprint density at radius 3 is 2.81 bits per heavy atom. The van der Waals surface area contributed by atoms with Gasteiger partial charge in [0.25, 0.3) is 5.56 Å². The molecule has 5 nitrogen and oxygen atoms in total. The number of aromatic nitrogens is 3. The van der Waals surface area contributed by atoms with E-state index in [-0.39, 0.29) is 5.56 Å². The minimum atomic E-state index is 0.136. The van der Waals surface area contributed by atoms with Gasteiger partial charge in [-0.05, 0) is 25.5 Å². The number of pyridine rings is 1. The topological polar surface area (TPSA) is 43.1 Å². The van der Waals surface area contributed by atoms with E-state index in [1.54, 1.807) is 6.07 Å². The molecule has 2 aromatic heterocycles. The van der Waals surface area contributed by atoms with Gasteiger partial charge in [0, 0.05) is 61.7 Å². The van der Waals surface area contributed by atoms with Gasteiger partial charge in [-0.25, -0.2) is 0 Å². The van der Waals surface area contributed by atoms with Gasteiger partial charge in [0.05, 0.1) is 6.20 Å². The van der Waals surface area contributed by atoms with E-state index in [0.29, 0.717) is 11.8 Å². The molecule has 2 aliphatic heterocycles. The van der Waals surface area contributed by atoms with E-state index in [1.807, 2.05) is 34.8 Å². The van der Waals surface area contributed by atoms with Crippen molar-refractivity contribution in [3.63, 3.8) is 0 Å². The molecule has 2 aliphatic rings. The van der Waals surface area contributed by atoms with Gasteiger partial charge < -0.3 is 9.47 Å². The number of nitrogens with zero attached hydrogens (tertiary/aromatic N) is 4. The molecule has 0 spiro atoms. The molecule has 0 N–H and O–H groups in total. The summed E-state index contributed by atoms with van der Waals surface area (Å²) in [5, 5.41) is 4.28. The van der Waals surface area contributed by atoms with E-state index in [9.17, 15) is 4.79 Å². The van der Waals surface area contributed by atoms with Crippen LogP contribution in [0.25, 0.3) is 11.1 Å². The fourth-order valence-electron chi connectivity index (χ4n) is 4.06. The van der Waals surface area contributed by atoms with Crippen molar-refractivity contribution in [3.05, 3.63) is 40.6 Å². The molecule has 0 radical (unpaired) electrons. The summed E-state index contributed by atoms with van der Waals surface area (Å²) in [6.07, 6.45) is 5.11. The quantitative estimate of drug-likeness (QED) is 0.793. The average molecular weight is 284 g/mol. The maximum atomic E-state index is 12.3. The van der Waals surface area contributed by atoms with Crippen LogP contribution in [0.3, 0.4) is 0 Å². The lowest BCUT2D eigenvalue weighted by atomic mass is 9.81.